The Kier molecular flexibility index (Phi) is 5.66. The van der Waals surface area contributed by atoms with Crippen LogP contribution in [0.3, 0.4) is 0 Å². The fraction of sp³-hybridized carbons (Fsp3) is 0.250. The molecule has 1 heterocycles. The number of hydrogen-bond acceptors (Lipinski definition) is 4. The SMILES string of the molecule is Cc1ccsc1C(=O)OCC(=O)NCCc1ccc(F)cc1. The molecule has 2 aromatic rings. The predicted octanol–water partition coefficient (Wildman–Crippen LogP) is 2.71. The Hall–Kier alpha value is -2.21. The summed E-state index contributed by atoms with van der Waals surface area (Å²) in [6.45, 7) is 1.91. The maximum Gasteiger partial charge on any atom is 0.349 e. The Balaban J connectivity index is 1.69. The van der Waals surface area contributed by atoms with Crippen molar-refractivity contribution in [3.05, 3.63) is 57.5 Å². The van der Waals surface area contributed by atoms with Crippen LogP contribution in [0.4, 0.5) is 4.39 Å². The molecule has 22 heavy (non-hydrogen) atoms. The summed E-state index contributed by atoms with van der Waals surface area (Å²) in [5.41, 5.74) is 1.76. The van der Waals surface area contributed by atoms with Gasteiger partial charge >= 0.3 is 5.97 Å². The molecule has 0 aliphatic rings. The minimum Gasteiger partial charge on any atom is -0.451 e. The number of thiophene rings is 1. The molecule has 0 fully saturated rings. The summed E-state index contributed by atoms with van der Waals surface area (Å²) < 4.78 is 17.7. The van der Waals surface area contributed by atoms with Crippen LogP contribution < -0.4 is 5.32 Å². The van der Waals surface area contributed by atoms with Gasteiger partial charge in [-0.2, -0.15) is 0 Å². The minimum absolute atomic E-state index is 0.288. The van der Waals surface area contributed by atoms with Gasteiger partial charge in [-0.05, 0) is 48.1 Å². The van der Waals surface area contributed by atoms with Crippen LogP contribution in [0, 0.1) is 12.7 Å². The molecule has 0 atom stereocenters. The van der Waals surface area contributed by atoms with Crippen LogP contribution in [0.1, 0.15) is 20.8 Å². The van der Waals surface area contributed by atoms with E-state index >= 15 is 0 Å². The van der Waals surface area contributed by atoms with Crippen molar-refractivity contribution < 1.29 is 18.7 Å². The molecular weight excluding hydrogens is 305 g/mol. The van der Waals surface area contributed by atoms with E-state index in [1.165, 1.54) is 23.5 Å². The summed E-state index contributed by atoms with van der Waals surface area (Å²) in [5, 5.41) is 4.45. The zero-order chi connectivity index (χ0) is 15.9. The fourth-order valence-electron chi connectivity index (χ4n) is 1.83. The lowest BCUT2D eigenvalue weighted by molar-refractivity contribution is -0.124. The average Bonchev–Trinajstić information content (AvgIpc) is 2.93. The maximum absolute atomic E-state index is 12.7. The number of carbonyl (C=O) groups is 2. The highest BCUT2D eigenvalue weighted by atomic mass is 32.1. The molecule has 4 nitrogen and oxygen atoms in total. The van der Waals surface area contributed by atoms with E-state index in [0.717, 1.165) is 11.1 Å². The van der Waals surface area contributed by atoms with Gasteiger partial charge in [0, 0.05) is 6.54 Å². The first-order valence-corrected chi connectivity index (χ1v) is 7.66. The van der Waals surface area contributed by atoms with Crippen LogP contribution in [-0.2, 0) is 16.0 Å². The first-order valence-electron chi connectivity index (χ1n) is 6.78. The molecule has 0 saturated carbocycles. The molecule has 0 spiro atoms. The average molecular weight is 321 g/mol. The lowest BCUT2D eigenvalue weighted by Crippen LogP contribution is -2.30. The smallest absolute Gasteiger partial charge is 0.349 e. The molecule has 0 aliphatic heterocycles. The third-order valence-electron chi connectivity index (χ3n) is 3.03. The van der Waals surface area contributed by atoms with Crippen molar-refractivity contribution in [2.75, 3.05) is 13.2 Å². The second kappa shape index (κ2) is 7.70. The Morgan fingerprint density at radius 1 is 1.23 bits per heavy atom. The Bertz CT molecular complexity index is 652. The quantitative estimate of drug-likeness (QED) is 0.832. The van der Waals surface area contributed by atoms with Gasteiger partial charge in [-0.3, -0.25) is 4.79 Å². The van der Waals surface area contributed by atoms with Gasteiger partial charge in [0.2, 0.25) is 0 Å². The Morgan fingerprint density at radius 2 is 1.95 bits per heavy atom. The number of rotatable bonds is 6. The summed E-state index contributed by atoms with van der Waals surface area (Å²) in [6, 6.07) is 7.91. The van der Waals surface area contributed by atoms with Gasteiger partial charge in [0.15, 0.2) is 6.61 Å². The summed E-state index contributed by atoms with van der Waals surface area (Å²) in [7, 11) is 0. The molecule has 1 N–H and O–H groups in total. The van der Waals surface area contributed by atoms with Crippen molar-refractivity contribution in [1.29, 1.82) is 0 Å². The minimum atomic E-state index is -0.485. The van der Waals surface area contributed by atoms with Crippen LogP contribution in [0.15, 0.2) is 35.7 Å². The molecular formula is C16H16FNO3S. The van der Waals surface area contributed by atoms with Crippen molar-refractivity contribution in [2.45, 2.75) is 13.3 Å². The molecule has 1 aromatic carbocycles. The van der Waals surface area contributed by atoms with Gasteiger partial charge in [0.05, 0.1) is 0 Å². The number of ether oxygens (including phenoxy) is 1. The van der Waals surface area contributed by atoms with Crippen LogP contribution in [-0.4, -0.2) is 25.0 Å². The second-order valence-corrected chi connectivity index (χ2v) is 5.65. The maximum atomic E-state index is 12.7. The van der Waals surface area contributed by atoms with Crippen molar-refractivity contribution in [3.8, 4) is 0 Å². The number of benzene rings is 1. The zero-order valence-corrected chi connectivity index (χ0v) is 12.9. The van der Waals surface area contributed by atoms with E-state index in [2.05, 4.69) is 5.32 Å². The molecule has 2 rings (SSSR count). The largest absolute Gasteiger partial charge is 0.451 e. The molecule has 0 radical (unpaired) electrons. The Morgan fingerprint density at radius 3 is 2.59 bits per heavy atom. The van der Waals surface area contributed by atoms with Crippen molar-refractivity contribution in [3.63, 3.8) is 0 Å². The number of hydrogen-bond donors (Lipinski definition) is 1. The first-order chi connectivity index (χ1) is 10.6. The van der Waals surface area contributed by atoms with Crippen LogP contribution in [0.5, 0.6) is 0 Å². The summed E-state index contributed by atoms with van der Waals surface area (Å²) in [5.74, 6) is -1.13. The lowest BCUT2D eigenvalue weighted by atomic mass is 10.1. The molecule has 0 bridgehead atoms. The molecule has 0 unspecified atom stereocenters. The van der Waals surface area contributed by atoms with Crippen LogP contribution in [0.25, 0.3) is 0 Å². The molecule has 6 heteroatoms. The topological polar surface area (TPSA) is 55.4 Å². The normalized spacial score (nSPS) is 10.3. The van der Waals surface area contributed by atoms with E-state index in [4.69, 9.17) is 4.74 Å². The molecule has 0 aliphatic carbocycles. The van der Waals surface area contributed by atoms with Gasteiger partial charge in [0.1, 0.15) is 10.7 Å². The van der Waals surface area contributed by atoms with Gasteiger partial charge in [-0.15, -0.1) is 11.3 Å². The first kappa shape index (κ1) is 16.2. The van der Waals surface area contributed by atoms with Gasteiger partial charge in [-0.1, -0.05) is 12.1 Å². The van der Waals surface area contributed by atoms with Crippen molar-refractivity contribution >= 4 is 23.2 Å². The van der Waals surface area contributed by atoms with Crippen molar-refractivity contribution in [2.24, 2.45) is 0 Å². The fourth-order valence-corrected chi connectivity index (χ4v) is 2.64. The predicted molar refractivity (Wildman–Crippen MR) is 82.5 cm³/mol. The zero-order valence-electron chi connectivity index (χ0n) is 12.1. The number of carbonyl (C=O) groups excluding carboxylic acids is 2. The van der Waals surface area contributed by atoms with Crippen molar-refractivity contribution in [1.82, 2.24) is 5.32 Å². The summed E-state index contributed by atoms with van der Waals surface area (Å²) in [6.07, 6.45) is 0.587. The van der Waals surface area contributed by atoms with E-state index in [1.54, 1.807) is 17.5 Å². The number of amides is 1. The molecule has 1 aromatic heterocycles. The van der Waals surface area contributed by atoms with Crippen LogP contribution in [0.2, 0.25) is 0 Å². The van der Waals surface area contributed by atoms with E-state index in [0.29, 0.717) is 17.8 Å². The van der Waals surface area contributed by atoms with Crippen LogP contribution >= 0.6 is 11.3 Å². The summed E-state index contributed by atoms with van der Waals surface area (Å²) in [4.78, 5) is 23.8. The van der Waals surface area contributed by atoms with Gasteiger partial charge in [0.25, 0.3) is 5.91 Å². The van der Waals surface area contributed by atoms with E-state index in [9.17, 15) is 14.0 Å². The summed E-state index contributed by atoms with van der Waals surface area (Å²) >= 11 is 1.29. The third-order valence-corrected chi connectivity index (χ3v) is 4.03. The highest BCUT2D eigenvalue weighted by Crippen LogP contribution is 2.16. The van der Waals surface area contributed by atoms with Gasteiger partial charge < -0.3 is 10.1 Å². The van der Waals surface area contributed by atoms with E-state index in [1.807, 2.05) is 13.0 Å². The number of aryl methyl sites for hydroxylation is 1. The van der Waals surface area contributed by atoms with E-state index in [-0.39, 0.29) is 18.3 Å². The molecule has 116 valence electrons. The molecule has 0 saturated heterocycles. The monoisotopic (exact) mass is 321 g/mol. The van der Waals surface area contributed by atoms with E-state index < -0.39 is 5.97 Å². The van der Waals surface area contributed by atoms with Gasteiger partial charge in [-0.25, -0.2) is 9.18 Å². The lowest BCUT2D eigenvalue weighted by Gasteiger charge is -2.06. The number of nitrogens with one attached hydrogen (secondary N) is 1. The number of esters is 1. The standard InChI is InChI=1S/C16H16FNO3S/c1-11-7-9-22-15(11)16(20)21-10-14(19)18-8-6-12-2-4-13(17)5-3-12/h2-5,7,9H,6,8,10H2,1H3,(H,18,19). The third kappa shape index (κ3) is 4.66. The highest BCUT2D eigenvalue weighted by Gasteiger charge is 2.13. The second-order valence-electron chi connectivity index (χ2n) is 4.74. The Labute approximate surface area is 131 Å². The number of halogens is 1. The highest BCUT2D eigenvalue weighted by molar-refractivity contribution is 7.12. The molecule has 1 amide bonds.